The average Bonchev–Trinajstić information content (AvgIpc) is 2.59. The zero-order valence-electron chi connectivity index (χ0n) is 15.6. The predicted octanol–water partition coefficient (Wildman–Crippen LogP) is 5.64. The lowest BCUT2D eigenvalue weighted by Crippen LogP contribution is -2.27. The maximum Gasteiger partial charge on any atom is 0.335 e. The number of esters is 1. The molecule has 0 aliphatic carbocycles. The lowest BCUT2D eigenvalue weighted by atomic mass is 10.1. The molecule has 0 bridgehead atoms. The molecule has 140 valence electrons. The molecule has 0 aliphatic rings. The molecule has 1 atom stereocenters. The number of hydrogen-bond acceptors (Lipinski definition) is 3. The maximum atomic E-state index is 12.1. The molecule has 0 fully saturated rings. The molecule has 0 heterocycles. The molecule has 0 aromatic heterocycles. The Balaban J connectivity index is 3.98. The second-order valence-corrected chi connectivity index (χ2v) is 6.82. The van der Waals surface area contributed by atoms with Crippen LogP contribution in [0.5, 0.6) is 0 Å². The van der Waals surface area contributed by atoms with E-state index in [1.807, 2.05) is 0 Å². The highest BCUT2D eigenvalue weighted by Gasteiger charge is 2.19. The first-order valence-electron chi connectivity index (χ1n) is 9.56. The topological polar surface area (TPSA) is 35.5 Å². The normalized spacial score (nSPS) is 11.6. The molecule has 0 aliphatic heterocycles. The Morgan fingerprint density at radius 2 is 1.71 bits per heavy atom. The summed E-state index contributed by atoms with van der Waals surface area (Å²) in [6.07, 6.45) is 11.1. The van der Waals surface area contributed by atoms with Gasteiger partial charge in [0.05, 0.1) is 6.61 Å². The van der Waals surface area contributed by atoms with Gasteiger partial charge in [0.15, 0.2) is 6.10 Å². The van der Waals surface area contributed by atoms with Crippen molar-refractivity contribution in [1.82, 2.24) is 0 Å². The fraction of sp³-hybridized carbons (Fsp3) is 0.850. The standard InChI is InChI=1S/C20H35BrO3/c1-3-5-7-8-10-13-17-23-19(15-6-4-2)20(22)24-18-14-11-9-12-16-21/h19H,3-9,11-12,14-18H2,1-2H3. The van der Waals surface area contributed by atoms with Crippen molar-refractivity contribution in [3.8, 4) is 11.8 Å². The van der Waals surface area contributed by atoms with Crippen molar-refractivity contribution >= 4 is 21.9 Å². The van der Waals surface area contributed by atoms with Gasteiger partial charge in [0.2, 0.25) is 0 Å². The maximum absolute atomic E-state index is 12.1. The molecule has 0 spiro atoms. The summed E-state index contributed by atoms with van der Waals surface area (Å²) in [4.78, 5) is 12.1. The van der Waals surface area contributed by atoms with E-state index in [4.69, 9.17) is 9.47 Å². The molecule has 4 heteroatoms. The summed E-state index contributed by atoms with van der Waals surface area (Å²) in [5, 5.41) is 1.04. The van der Waals surface area contributed by atoms with Crippen LogP contribution in [0.4, 0.5) is 0 Å². The second kappa shape index (κ2) is 18.8. The SMILES string of the molecule is CCCCCC#CCOC(CCCC)C(=O)OCCCCCCBr. The number of carbonyl (C=O) groups excluding carboxylic acids is 1. The molecular weight excluding hydrogens is 368 g/mol. The summed E-state index contributed by atoms with van der Waals surface area (Å²) >= 11 is 3.42. The summed E-state index contributed by atoms with van der Waals surface area (Å²) in [5.74, 6) is 5.90. The summed E-state index contributed by atoms with van der Waals surface area (Å²) in [7, 11) is 0. The van der Waals surface area contributed by atoms with Crippen molar-refractivity contribution in [2.24, 2.45) is 0 Å². The third kappa shape index (κ3) is 15.0. The van der Waals surface area contributed by atoms with Gasteiger partial charge in [0.25, 0.3) is 0 Å². The molecule has 0 N–H and O–H groups in total. The minimum absolute atomic E-state index is 0.225. The highest BCUT2D eigenvalue weighted by molar-refractivity contribution is 9.09. The van der Waals surface area contributed by atoms with Gasteiger partial charge in [-0.1, -0.05) is 74.2 Å². The number of unbranched alkanes of at least 4 members (excludes halogenated alkanes) is 7. The van der Waals surface area contributed by atoms with E-state index in [2.05, 4.69) is 41.6 Å². The predicted molar refractivity (Wildman–Crippen MR) is 104 cm³/mol. The van der Waals surface area contributed by atoms with E-state index in [0.29, 0.717) is 13.2 Å². The Labute approximate surface area is 157 Å². The Morgan fingerprint density at radius 1 is 0.958 bits per heavy atom. The van der Waals surface area contributed by atoms with Crippen LogP contribution in [0.1, 0.15) is 84.5 Å². The third-order valence-corrected chi connectivity index (χ3v) is 4.30. The van der Waals surface area contributed by atoms with E-state index in [1.54, 1.807) is 0 Å². The lowest BCUT2D eigenvalue weighted by molar-refractivity contribution is -0.157. The molecule has 0 saturated heterocycles. The lowest BCUT2D eigenvalue weighted by Gasteiger charge is -2.15. The van der Waals surface area contributed by atoms with Crippen LogP contribution in [-0.2, 0) is 14.3 Å². The average molecular weight is 403 g/mol. The fourth-order valence-electron chi connectivity index (χ4n) is 2.22. The van der Waals surface area contributed by atoms with Crippen molar-refractivity contribution in [3.63, 3.8) is 0 Å². The van der Waals surface area contributed by atoms with E-state index in [1.165, 1.54) is 25.7 Å². The number of hydrogen-bond donors (Lipinski definition) is 0. The van der Waals surface area contributed by atoms with Crippen molar-refractivity contribution in [3.05, 3.63) is 0 Å². The molecule has 0 aromatic carbocycles. The van der Waals surface area contributed by atoms with Crippen LogP contribution in [0.15, 0.2) is 0 Å². The molecule has 0 saturated carbocycles. The Bertz CT molecular complexity index is 347. The summed E-state index contributed by atoms with van der Waals surface area (Å²) < 4.78 is 11.0. The van der Waals surface area contributed by atoms with E-state index < -0.39 is 6.10 Å². The Morgan fingerprint density at radius 3 is 2.42 bits per heavy atom. The van der Waals surface area contributed by atoms with Gasteiger partial charge in [-0.25, -0.2) is 4.79 Å². The van der Waals surface area contributed by atoms with Crippen LogP contribution in [0.2, 0.25) is 0 Å². The third-order valence-electron chi connectivity index (χ3n) is 3.74. The largest absolute Gasteiger partial charge is 0.464 e. The molecular formula is C20H35BrO3. The quantitative estimate of drug-likeness (QED) is 0.154. The highest BCUT2D eigenvalue weighted by atomic mass is 79.9. The van der Waals surface area contributed by atoms with E-state index in [0.717, 1.165) is 50.3 Å². The number of carbonyl (C=O) groups is 1. The van der Waals surface area contributed by atoms with E-state index >= 15 is 0 Å². The first kappa shape index (κ1) is 23.5. The van der Waals surface area contributed by atoms with Crippen molar-refractivity contribution in [1.29, 1.82) is 0 Å². The van der Waals surface area contributed by atoms with Crippen molar-refractivity contribution < 1.29 is 14.3 Å². The fourth-order valence-corrected chi connectivity index (χ4v) is 2.62. The van der Waals surface area contributed by atoms with Crippen LogP contribution < -0.4 is 0 Å². The van der Waals surface area contributed by atoms with Gasteiger partial charge in [-0.05, 0) is 25.7 Å². The number of alkyl halides is 1. The van der Waals surface area contributed by atoms with E-state index in [9.17, 15) is 4.79 Å². The molecule has 1 unspecified atom stereocenters. The van der Waals surface area contributed by atoms with Gasteiger partial charge in [0.1, 0.15) is 6.61 Å². The zero-order valence-corrected chi connectivity index (χ0v) is 17.2. The van der Waals surface area contributed by atoms with Crippen molar-refractivity contribution in [2.45, 2.75) is 90.6 Å². The first-order valence-corrected chi connectivity index (χ1v) is 10.7. The van der Waals surface area contributed by atoms with Gasteiger partial charge in [-0.2, -0.15) is 0 Å². The summed E-state index contributed by atoms with van der Waals surface area (Å²) in [5.41, 5.74) is 0. The van der Waals surface area contributed by atoms with Crippen LogP contribution in [0.25, 0.3) is 0 Å². The molecule has 0 radical (unpaired) electrons. The first-order chi connectivity index (χ1) is 11.8. The van der Waals surface area contributed by atoms with Gasteiger partial charge < -0.3 is 9.47 Å². The smallest absolute Gasteiger partial charge is 0.335 e. The molecule has 0 aromatic rings. The summed E-state index contributed by atoms with van der Waals surface area (Å²) in [6.45, 7) is 5.11. The van der Waals surface area contributed by atoms with Crippen LogP contribution in [0.3, 0.4) is 0 Å². The van der Waals surface area contributed by atoms with E-state index in [-0.39, 0.29) is 5.97 Å². The Hall–Kier alpha value is -0.530. The van der Waals surface area contributed by atoms with Gasteiger partial charge in [-0.3, -0.25) is 0 Å². The molecule has 0 amide bonds. The zero-order chi connectivity index (χ0) is 17.9. The number of ether oxygens (including phenoxy) is 2. The minimum atomic E-state index is -0.461. The molecule has 3 nitrogen and oxygen atoms in total. The number of rotatable bonds is 15. The monoisotopic (exact) mass is 402 g/mol. The minimum Gasteiger partial charge on any atom is -0.464 e. The van der Waals surface area contributed by atoms with Gasteiger partial charge in [0, 0.05) is 11.8 Å². The molecule has 0 rings (SSSR count). The van der Waals surface area contributed by atoms with Gasteiger partial charge >= 0.3 is 5.97 Å². The Kier molecular flexibility index (Phi) is 18.4. The molecule has 24 heavy (non-hydrogen) atoms. The van der Waals surface area contributed by atoms with Gasteiger partial charge in [-0.15, -0.1) is 5.92 Å². The van der Waals surface area contributed by atoms with Crippen molar-refractivity contribution in [2.75, 3.05) is 18.5 Å². The number of halogens is 1. The highest BCUT2D eigenvalue weighted by Crippen LogP contribution is 2.08. The van der Waals surface area contributed by atoms with Crippen LogP contribution >= 0.6 is 15.9 Å². The van der Waals surface area contributed by atoms with Crippen LogP contribution in [-0.4, -0.2) is 30.6 Å². The summed E-state index contributed by atoms with van der Waals surface area (Å²) in [6, 6.07) is 0. The second-order valence-electron chi connectivity index (χ2n) is 6.02. The van der Waals surface area contributed by atoms with Crippen LogP contribution in [0, 0.1) is 11.8 Å².